The summed E-state index contributed by atoms with van der Waals surface area (Å²) in [4.78, 5) is 11.7. The number of hydrogen-bond acceptors (Lipinski definition) is 5. The third-order valence-corrected chi connectivity index (χ3v) is 3.55. The average molecular weight is 305 g/mol. The molecule has 0 bridgehead atoms. The highest BCUT2D eigenvalue weighted by atomic mass is 35.5. The summed E-state index contributed by atoms with van der Waals surface area (Å²) in [7, 11) is 1.34. The Labute approximate surface area is 126 Å². The fourth-order valence-electron chi connectivity index (χ4n) is 2.29. The summed E-state index contributed by atoms with van der Waals surface area (Å²) in [6, 6.07) is 10.8. The van der Waals surface area contributed by atoms with Crippen molar-refractivity contribution in [2.24, 2.45) is 5.10 Å². The molecule has 1 aliphatic rings. The average Bonchev–Trinajstić information content (AvgIpc) is 3.16. The first-order valence-electron chi connectivity index (χ1n) is 6.43. The predicted molar refractivity (Wildman–Crippen MR) is 79.4 cm³/mol. The van der Waals surface area contributed by atoms with E-state index in [4.69, 9.17) is 20.8 Å². The molecule has 108 valence electrons. The first-order valence-corrected chi connectivity index (χ1v) is 6.81. The second kappa shape index (κ2) is 5.61. The van der Waals surface area contributed by atoms with Crippen LogP contribution in [0.4, 0.5) is 5.69 Å². The Kier molecular flexibility index (Phi) is 3.66. The van der Waals surface area contributed by atoms with Crippen molar-refractivity contribution in [3.63, 3.8) is 0 Å². The molecule has 0 fully saturated rings. The van der Waals surface area contributed by atoms with Crippen LogP contribution in [0.1, 0.15) is 18.2 Å². The lowest BCUT2D eigenvalue weighted by Crippen LogP contribution is -2.18. The molecular weight excluding hydrogens is 292 g/mol. The number of carbonyl (C=O) groups is 1. The molecule has 0 N–H and O–H groups in total. The Morgan fingerprint density at radius 3 is 2.76 bits per heavy atom. The summed E-state index contributed by atoms with van der Waals surface area (Å²) >= 11 is 5.91. The molecule has 1 aliphatic heterocycles. The third-order valence-electron chi connectivity index (χ3n) is 3.29. The fourth-order valence-corrected chi connectivity index (χ4v) is 2.41. The normalized spacial score (nSPS) is 17.7. The van der Waals surface area contributed by atoms with Gasteiger partial charge in [-0.1, -0.05) is 11.6 Å². The van der Waals surface area contributed by atoms with E-state index in [1.54, 1.807) is 23.4 Å². The van der Waals surface area contributed by atoms with E-state index < -0.39 is 5.97 Å². The maximum atomic E-state index is 11.7. The molecule has 1 aromatic heterocycles. The van der Waals surface area contributed by atoms with Crippen molar-refractivity contribution in [2.45, 2.75) is 12.5 Å². The Balaban J connectivity index is 1.97. The van der Waals surface area contributed by atoms with Gasteiger partial charge in [0.05, 0.1) is 19.1 Å². The second-order valence-corrected chi connectivity index (χ2v) is 5.03. The largest absolute Gasteiger partial charge is 0.467 e. The Morgan fingerprint density at radius 2 is 2.14 bits per heavy atom. The molecule has 21 heavy (non-hydrogen) atoms. The number of nitrogens with zero attached hydrogens (tertiary/aromatic N) is 2. The van der Waals surface area contributed by atoms with Crippen molar-refractivity contribution in [3.8, 4) is 0 Å². The topological polar surface area (TPSA) is 55.0 Å². The molecule has 1 aromatic carbocycles. The number of hydrazone groups is 1. The van der Waals surface area contributed by atoms with Gasteiger partial charge in [0.2, 0.25) is 0 Å². The smallest absolute Gasteiger partial charge is 0.354 e. The molecule has 0 amide bonds. The summed E-state index contributed by atoms with van der Waals surface area (Å²) in [6.07, 6.45) is 2.04. The van der Waals surface area contributed by atoms with E-state index in [0.29, 0.717) is 17.2 Å². The van der Waals surface area contributed by atoms with Gasteiger partial charge < -0.3 is 9.15 Å². The molecule has 2 heterocycles. The highest BCUT2D eigenvalue weighted by molar-refractivity contribution is 6.37. The zero-order valence-corrected chi connectivity index (χ0v) is 12.1. The fraction of sp³-hybridized carbons (Fsp3) is 0.200. The highest BCUT2D eigenvalue weighted by Crippen LogP contribution is 2.35. The van der Waals surface area contributed by atoms with Crippen LogP contribution in [-0.4, -0.2) is 18.8 Å². The van der Waals surface area contributed by atoms with Gasteiger partial charge in [0.1, 0.15) is 17.5 Å². The lowest BCUT2D eigenvalue weighted by atomic mass is 10.1. The number of carbonyl (C=O) groups excluding carboxylic acids is 1. The molecular formula is C15H13ClN2O3. The van der Waals surface area contributed by atoms with Crippen LogP contribution in [-0.2, 0) is 9.53 Å². The zero-order chi connectivity index (χ0) is 14.8. The van der Waals surface area contributed by atoms with Crippen molar-refractivity contribution in [1.29, 1.82) is 0 Å². The number of hydrogen-bond donors (Lipinski definition) is 0. The quantitative estimate of drug-likeness (QED) is 0.815. The number of ether oxygens (including phenoxy) is 1. The van der Waals surface area contributed by atoms with Crippen molar-refractivity contribution in [1.82, 2.24) is 0 Å². The Hall–Kier alpha value is -2.27. The van der Waals surface area contributed by atoms with Crippen molar-refractivity contribution in [3.05, 3.63) is 53.4 Å². The molecule has 1 atom stereocenters. The number of methoxy groups -OCH3 is 1. The standard InChI is InChI=1S/C15H13ClN2O3/c1-20-15(19)12-9-13(14-3-2-8-21-14)18(17-12)11-6-4-10(16)5-7-11/h2-8,13H,9H2,1H3. The molecule has 0 saturated carbocycles. The van der Waals surface area contributed by atoms with Crippen LogP contribution in [0.25, 0.3) is 0 Å². The van der Waals surface area contributed by atoms with Gasteiger partial charge in [-0.25, -0.2) is 4.79 Å². The number of anilines is 1. The van der Waals surface area contributed by atoms with E-state index in [-0.39, 0.29) is 6.04 Å². The van der Waals surface area contributed by atoms with E-state index in [9.17, 15) is 4.79 Å². The molecule has 5 nitrogen and oxygen atoms in total. The zero-order valence-electron chi connectivity index (χ0n) is 11.3. The van der Waals surface area contributed by atoms with Crippen LogP contribution in [0.3, 0.4) is 0 Å². The molecule has 6 heteroatoms. The second-order valence-electron chi connectivity index (χ2n) is 4.59. The van der Waals surface area contributed by atoms with Gasteiger partial charge in [0.25, 0.3) is 0 Å². The van der Waals surface area contributed by atoms with Gasteiger partial charge >= 0.3 is 5.97 Å². The molecule has 3 rings (SSSR count). The van der Waals surface area contributed by atoms with Crippen LogP contribution < -0.4 is 5.01 Å². The van der Waals surface area contributed by atoms with Gasteiger partial charge in [-0.15, -0.1) is 0 Å². The Morgan fingerprint density at radius 1 is 1.38 bits per heavy atom. The minimum absolute atomic E-state index is 0.171. The van der Waals surface area contributed by atoms with Crippen molar-refractivity contribution < 1.29 is 13.9 Å². The van der Waals surface area contributed by atoms with Gasteiger partial charge in [-0.05, 0) is 36.4 Å². The number of rotatable bonds is 3. The SMILES string of the molecule is COC(=O)C1=NN(c2ccc(Cl)cc2)C(c2ccco2)C1. The first-order chi connectivity index (χ1) is 10.2. The highest BCUT2D eigenvalue weighted by Gasteiger charge is 2.34. The minimum atomic E-state index is -0.428. The molecule has 0 saturated heterocycles. The third kappa shape index (κ3) is 2.64. The number of benzene rings is 1. The monoisotopic (exact) mass is 304 g/mol. The van der Waals surface area contributed by atoms with Gasteiger partial charge in [0, 0.05) is 11.4 Å². The number of esters is 1. The number of halogens is 1. The summed E-state index contributed by atoms with van der Waals surface area (Å²) in [5.74, 6) is 0.315. The maximum Gasteiger partial charge on any atom is 0.354 e. The number of furan rings is 1. The molecule has 0 radical (unpaired) electrons. The van der Waals surface area contributed by atoms with Crippen LogP contribution in [0, 0.1) is 0 Å². The predicted octanol–water partition coefficient (Wildman–Crippen LogP) is 3.41. The maximum absolute atomic E-state index is 11.7. The van der Waals surface area contributed by atoms with E-state index in [1.807, 2.05) is 24.3 Å². The van der Waals surface area contributed by atoms with Gasteiger partial charge in [0.15, 0.2) is 0 Å². The molecule has 2 aromatic rings. The molecule has 0 spiro atoms. The van der Waals surface area contributed by atoms with Crippen LogP contribution in [0.2, 0.25) is 5.02 Å². The van der Waals surface area contributed by atoms with E-state index >= 15 is 0 Å². The van der Waals surface area contributed by atoms with Gasteiger partial charge in [-0.3, -0.25) is 5.01 Å². The first kappa shape index (κ1) is 13.7. The molecule has 1 unspecified atom stereocenters. The van der Waals surface area contributed by atoms with Crippen LogP contribution >= 0.6 is 11.6 Å². The van der Waals surface area contributed by atoms with E-state index in [1.165, 1.54) is 7.11 Å². The van der Waals surface area contributed by atoms with Crippen molar-refractivity contribution in [2.75, 3.05) is 12.1 Å². The lowest BCUT2D eigenvalue weighted by molar-refractivity contribution is -0.132. The van der Waals surface area contributed by atoms with Gasteiger partial charge in [-0.2, -0.15) is 5.10 Å². The summed E-state index contributed by atoms with van der Waals surface area (Å²) in [5.41, 5.74) is 1.20. The van der Waals surface area contributed by atoms with Crippen LogP contribution in [0.15, 0.2) is 52.2 Å². The summed E-state index contributed by atoms with van der Waals surface area (Å²) in [5, 5.41) is 6.76. The van der Waals surface area contributed by atoms with Crippen molar-refractivity contribution >= 4 is 29.0 Å². The van der Waals surface area contributed by atoms with E-state index in [2.05, 4.69) is 5.10 Å². The molecule has 0 aliphatic carbocycles. The Bertz CT molecular complexity index is 665. The summed E-state index contributed by atoms with van der Waals surface area (Å²) in [6.45, 7) is 0. The van der Waals surface area contributed by atoms with Crippen LogP contribution in [0.5, 0.6) is 0 Å². The van der Waals surface area contributed by atoms with E-state index in [0.717, 1.165) is 11.4 Å². The lowest BCUT2D eigenvalue weighted by Gasteiger charge is -2.21. The minimum Gasteiger partial charge on any atom is -0.467 e. The summed E-state index contributed by atoms with van der Waals surface area (Å²) < 4.78 is 10.2.